The van der Waals surface area contributed by atoms with Gasteiger partial charge in [0, 0.05) is 17.6 Å². The number of benzene rings is 2. The van der Waals surface area contributed by atoms with Crippen molar-refractivity contribution in [2.24, 2.45) is 0 Å². The molecule has 0 saturated heterocycles. The quantitative estimate of drug-likeness (QED) is 0.570. The van der Waals surface area contributed by atoms with Crippen LogP contribution in [-0.2, 0) is 17.4 Å². The van der Waals surface area contributed by atoms with E-state index in [1.165, 1.54) is 18.3 Å². The Kier molecular flexibility index (Phi) is 6.24. The minimum absolute atomic E-state index is 0.0406. The Morgan fingerprint density at radius 3 is 2.56 bits per heavy atom. The van der Waals surface area contributed by atoms with Crippen molar-refractivity contribution in [1.82, 2.24) is 0 Å². The van der Waals surface area contributed by atoms with Gasteiger partial charge in [-0.05, 0) is 42.7 Å². The van der Waals surface area contributed by atoms with Gasteiger partial charge in [0.15, 0.2) is 0 Å². The lowest BCUT2D eigenvalue weighted by Gasteiger charge is -2.12. The van der Waals surface area contributed by atoms with Crippen molar-refractivity contribution in [3.05, 3.63) is 70.9 Å². The lowest BCUT2D eigenvalue weighted by Crippen LogP contribution is -2.15. The van der Waals surface area contributed by atoms with Crippen LogP contribution in [0, 0.1) is 18.3 Å². The maximum Gasteiger partial charge on any atom is 0.416 e. The van der Waals surface area contributed by atoms with E-state index in [-0.39, 0.29) is 11.3 Å². The third-order valence-electron chi connectivity index (χ3n) is 3.91. The topological polar surface area (TPSA) is 64.9 Å². The molecule has 2 N–H and O–H groups in total. The van der Waals surface area contributed by atoms with Gasteiger partial charge in [-0.3, -0.25) is 4.79 Å². The molecule has 27 heavy (non-hydrogen) atoms. The smallest absolute Gasteiger partial charge is 0.360 e. The van der Waals surface area contributed by atoms with Crippen LogP contribution in [0.3, 0.4) is 0 Å². The van der Waals surface area contributed by atoms with Crippen LogP contribution in [0.25, 0.3) is 0 Å². The summed E-state index contributed by atoms with van der Waals surface area (Å²) in [6, 6.07) is 11.7. The van der Waals surface area contributed by atoms with Crippen molar-refractivity contribution in [2.45, 2.75) is 26.4 Å². The van der Waals surface area contributed by atoms with E-state index in [2.05, 4.69) is 10.6 Å². The number of halogens is 3. The molecule has 0 aromatic heterocycles. The monoisotopic (exact) mass is 373 g/mol. The van der Waals surface area contributed by atoms with Gasteiger partial charge in [0.05, 0.1) is 5.56 Å². The summed E-state index contributed by atoms with van der Waals surface area (Å²) in [7, 11) is 0. The molecule has 0 spiro atoms. The van der Waals surface area contributed by atoms with Crippen LogP contribution < -0.4 is 10.6 Å². The van der Waals surface area contributed by atoms with Gasteiger partial charge in [-0.1, -0.05) is 31.2 Å². The van der Waals surface area contributed by atoms with Crippen LogP contribution >= 0.6 is 0 Å². The van der Waals surface area contributed by atoms with Crippen LogP contribution in [0.5, 0.6) is 0 Å². The molecule has 0 radical (unpaired) electrons. The molecule has 0 heterocycles. The Morgan fingerprint density at radius 2 is 1.93 bits per heavy atom. The van der Waals surface area contributed by atoms with E-state index in [1.54, 1.807) is 6.07 Å². The fourth-order valence-electron chi connectivity index (χ4n) is 2.49. The first-order chi connectivity index (χ1) is 12.8. The zero-order valence-electron chi connectivity index (χ0n) is 14.8. The molecule has 7 heteroatoms. The number of carbonyl (C=O) groups is 1. The standard InChI is InChI=1S/C20H18F3N3O/c1-3-14-7-4-6-13(2)18(14)25-12-15(11-24)19(27)26-17-9-5-8-16(10-17)20(21,22)23/h4-10,12,25H,3H2,1-2H3,(H,26,27)/b15-12-. The number of nitrogens with zero attached hydrogens (tertiary/aromatic N) is 1. The molecule has 0 fully saturated rings. The summed E-state index contributed by atoms with van der Waals surface area (Å²) in [4.78, 5) is 12.2. The molecule has 0 aliphatic carbocycles. The van der Waals surface area contributed by atoms with E-state index >= 15 is 0 Å². The van der Waals surface area contributed by atoms with E-state index in [0.717, 1.165) is 35.4 Å². The zero-order chi connectivity index (χ0) is 20.0. The molecule has 2 aromatic rings. The predicted molar refractivity (Wildman–Crippen MR) is 97.9 cm³/mol. The summed E-state index contributed by atoms with van der Waals surface area (Å²) in [5, 5.41) is 14.5. The second-order valence-electron chi connectivity index (χ2n) is 5.81. The van der Waals surface area contributed by atoms with Crippen LogP contribution in [0.1, 0.15) is 23.6 Å². The third kappa shape index (κ3) is 5.11. The van der Waals surface area contributed by atoms with Gasteiger partial charge in [0.25, 0.3) is 5.91 Å². The maximum absolute atomic E-state index is 12.8. The number of amides is 1. The Labute approximate surface area is 155 Å². The molecular formula is C20H18F3N3O. The van der Waals surface area contributed by atoms with E-state index in [0.29, 0.717) is 0 Å². The Balaban J connectivity index is 2.20. The predicted octanol–water partition coefficient (Wildman–Crippen LogP) is 5.03. The number of carbonyl (C=O) groups excluding carboxylic acids is 1. The number of hydrogen-bond donors (Lipinski definition) is 2. The van der Waals surface area contributed by atoms with Crippen molar-refractivity contribution in [3.63, 3.8) is 0 Å². The molecule has 0 aliphatic rings. The fraction of sp³-hybridized carbons (Fsp3) is 0.200. The highest BCUT2D eigenvalue weighted by atomic mass is 19.4. The van der Waals surface area contributed by atoms with Crippen LogP contribution in [0.4, 0.5) is 24.5 Å². The molecule has 0 saturated carbocycles. The van der Waals surface area contributed by atoms with Gasteiger partial charge in [0.2, 0.25) is 0 Å². The van der Waals surface area contributed by atoms with Crippen LogP contribution in [0.2, 0.25) is 0 Å². The first kappa shape index (κ1) is 20.0. The number of nitriles is 1. The minimum Gasteiger partial charge on any atom is -0.360 e. The van der Waals surface area contributed by atoms with Gasteiger partial charge in [-0.25, -0.2) is 0 Å². The lowest BCUT2D eigenvalue weighted by atomic mass is 10.1. The van der Waals surface area contributed by atoms with E-state index in [9.17, 15) is 23.2 Å². The summed E-state index contributed by atoms with van der Waals surface area (Å²) in [5.41, 5.74) is 1.58. The Hall–Kier alpha value is -3.27. The number of aryl methyl sites for hydroxylation is 2. The SMILES string of the molecule is CCc1cccc(C)c1N/C=C(/C#N)C(=O)Nc1cccc(C(F)(F)F)c1. The molecule has 0 aliphatic heterocycles. The zero-order valence-corrected chi connectivity index (χ0v) is 14.8. The molecule has 0 bridgehead atoms. The molecule has 1 amide bonds. The molecule has 2 aromatic carbocycles. The number of anilines is 2. The Bertz CT molecular complexity index is 911. The second-order valence-corrected chi connectivity index (χ2v) is 5.81. The third-order valence-corrected chi connectivity index (χ3v) is 3.91. The summed E-state index contributed by atoms with van der Waals surface area (Å²) in [6.07, 6.45) is -2.50. The molecule has 0 atom stereocenters. The van der Waals surface area contributed by atoms with Gasteiger partial charge in [-0.15, -0.1) is 0 Å². The Morgan fingerprint density at radius 1 is 1.22 bits per heavy atom. The van der Waals surface area contributed by atoms with Crippen molar-refractivity contribution in [1.29, 1.82) is 5.26 Å². The molecule has 0 unspecified atom stereocenters. The highest BCUT2D eigenvalue weighted by Gasteiger charge is 2.30. The van der Waals surface area contributed by atoms with Crippen molar-refractivity contribution in [2.75, 3.05) is 10.6 Å². The fourth-order valence-corrected chi connectivity index (χ4v) is 2.49. The largest absolute Gasteiger partial charge is 0.416 e. The van der Waals surface area contributed by atoms with E-state index in [1.807, 2.05) is 32.0 Å². The van der Waals surface area contributed by atoms with Gasteiger partial charge in [0.1, 0.15) is 11.6 Å². The second kappa shape index (κ2) is 8.41. The normalized spacial score (nSPS) is 11.6. The summed E-state index contributed by atoms with van der Waals surface area (Å²) in [6.45, 7) is 3.87. The molecular weight excluding hydrogens is 355 g/mol. The highest BCUT2D eigenvalue weighted by Crippen LogP contribution is 2.30. The first-order valence-corrected chi connectivity index (χ1v) is 8.20. The van der Waals surface area contributed by atoms with Gasteiger partial charge >= 0.3 is 6.18 Å². The van der Waals surface area contributed by atoms with E-state index in [4.69, 9.17) is 0 Å². The molecule has 140 valence electrons. The van der Waals surface area contributed by atoms with Crippen molar-refractivity contribution in [3.8, 4) is 6.07 Å². The maximum atomic E-state index is 12.8. The lowest BCUT2D eigenvalue weighted by molar-refractivity contribution is -0.137. The number of rotatable bonds is 5. The van der Waals surface area contributed by atoms with Crippen LogP contribution in [-0.4, -0.2) is 5.91 Å². The van der Waals surface area contributed by atoms with Crippen LogP contribution in [0.15, 0.2) is 54.2 Å². The molecule has 2 rings (SSSR count). The average molecular weight is 373 g/mol. The average Bonchev–Trinajstić information content (AvgIpc) is 2.62. The van der Waals surface area contributed by atoms with Gasteiger partial charge in [-0.2, -0.15) is 18.4 Å². The van der Waals surface area contributed by atoms with Crippen molar-refractivity contribution >= 4 is 17.3 Å². The number of hydrogen-bond acceptors (Lipinski definition) is 3. The molecule has 4 nitrogen and oxygen atoms in total. The van der Waals surface area contributed by atoms with Gasteiger partial charge < -0.3 is 10.6 Å². The number of nitrogens with one attached hydrogen (secondary N) is 2. The van der Waals surface area contributed by atoms with Crippen molar-refractivity contribution < 1.29 is 18.0 Å². The number of alkyl halides is 3. The summed E-state index contributed by atoms with van der Waals surface area (Å²) in [5.74, 6) is -0.795. The summed E-state index contributed by atoms with van der Waals surface area (Å²) >= 11 is 0. The highest BCUT2D eigenvalue weighted by molar-refractivity contribution is 6.06. The number of para-hydroxylation sites is 1. The summed E-state index contributed by atoms with van der Waals surface area (Å²) < 4.78 is 38.3. The minimum atomic E-state index is -4.52. The first-order valence-electron chi connectivity index (χ1n) is 8.20. The van der Waals surface area contributed by atoms with E-state index < -0.39 is 17.6 Å².